The molecule has 160 valence electrons. The van der Waals surface area contributed by atoms with Crippen molar-refractivity contribution in [1.82, 2.24) is 0 Å². The van der Waals surface area contributed by atoms with Gasteiger partial charge < -0.3 is 35.0 Å². The molecule has 0 aromatic carbocycles. The van der Waals surface area contributed by atoms with Gasteiger partial charge in [-0.1, -0.05) is 20.8 Å². The van der Waals surface area contributed by atoms with Gasteiger partial charge in [-0.2, -0.15) is 0 Å². The first kappa shape index (κ1) is 23.1. The summed E-state index contributed by atoms with van der Waals surface area (Å²) in [7, 11) is 0. The van der Waals surface area contributed by atoms with Crippen LogP contribution in [0, 0.1) is 11.3 Å². The zero-order chi connectivity index (χ0) is 21.3. The van der Waals surface area contributed by atoms with Crippen LogP contribution in [0.2, 0.25) is 0 Å². The molecule has 0 radical (unpaired) electrons. The quantitative estimate of drug-likeness (QED) is 0.341. The Balaban J connectivity index is 1.99. The summed E-state index contributed by atoms with van der Waals surface area (Å²) in [5, 5.41) is 49.5. The second kappa shape index (κ2) is 8.66. The van der Waals surface area contributed by atoms with Gasteiger partial charge in [-0.05, 0) is 18.1 Å². The van der Waals surface area contributed by atoms with Crippen molar-refractivity contribution in [3.8, 4) is 0 Å². The number of carbonyl (C=O) groups is 2. The summed E-state index contributed by atoms with van der Waals surface area (Å²) in [6.07, 6.45) is -4.27. The number of carbonyl (C=O) groups excluding carboxylic acids is 2. The molecule has 0 aromatic heterocycles. The van der Waals surface area contributed by atoms with Gasteiger partial charge in [0.25, 0.3) is 0 Å². The van der Waals surface area contributed by atoms with E-state index < -0.39 is 60.7 Å². The van der Waals surface area contributed by atoms with Gasteiger partial charge in [0.1, 0.15) is 36.8 Å². The maximum absolute atomic E-state index is 12.2. The molecule has 0 aromatic rings. The van der Waals surface area contributed by atoms with E-state index in [-0.39, 0.29) is 24.5 Å². The SMILES string of the molecule is C[C@@H]1CC(=O)CC(C)(C)[C@]1(O)/C=C/C(=O)CO[C@H]1O[C@@H](CO)[C@H](O)[C@@H](O)[C@@H]1O. The number of aliphatic hydroxyl groups is 5. The minimum absolute atomic E-state index is 0.0628. The lowest BCUT2D eigenvalue weighted by atomic mass is 9.60. The average Bonchev–Trinajstić information content (AvgIpc) is 2.61. The lowest BCUT2D eigenvalue weighted by Gasteiger charge is -2.48. The number of rotatable bonds is 6. The van der Waals surface area contributed by atoms with Crippen LogP contribution >= 0.6 is 0 Å². The highest BCUT2D eigenvalue weighted by molar-refractivity contribution is 5.91. The molecule has 9 nitrogen and oxygen atoms in total. The predicted octanol–water partition coefficient (Wildman–Crippen LogP) is -1.32. The third-order valence-electron chi connectivity index (χ3n) is 5.77. The number of hydrogen-bond acceptors (Lipinski definition) is 9. The summed E-state index contributed by atoms with van der Waals surface area (Å²) in [4.78, 5) is 24.0. The second-order valence-corrected chi connectivity index (χ2v) is 8.34. The molecule has 1 saturated heterocycles. The van der Waals surface area contributed by atoms with Crippen molar-refractivity contribution < 1.29 is 44.6 Å². The van der Waals surface area contributed by atoms with Crippen LogP contribution in [0.3, 0.4) is 0 Å². The third-order valence-corrected chi connectivity index (χ3v) is 5.77. The smallest absolute Gasteiger partial charge is 0.187 e. The van der Waals surface area contributed by atoms with Crippen LogP contribution in [0.4, 0.5) is 0 Å². The van der Waals surface area contributed by atoms with Crippen LogP contribution in [0.1, 0.15) is 33.6 Å². The minimum Gasteiger partial charge on any atom is -0.394 e. The van der Waals surface area contributed by atoms with Gasteiger partial charge in [-0.3, -0.25) is 9.59 Å². The highest BCUT2D eigenvalue weighted by Crippen LogP contribution is 2.46. The van der Waals surface area contributed by atoms with E-state index in [1.54, 1.807) is 20.8 Å². The Hall–Kier alpha value is -1.20. The number of Topliss-reactive ketones (excluding diaryl/α,β-unsaturated/α-hetero) is 1. The summed E-state index contributed by atoms with van der Waals surface area (Å²) in [5.74, 6) is -0.822. The highest BCUT2D eigenvalue weighted by atomic mass is 16.7. The monoisotopic (exact) mass is 402 g/mol. The number of hydrogen-bond donors (Lipinski definition) is 5. The van der Waals surface area contributed by atoms with Crippen molar-refractivity contribution in [1.29, 1.82) is 0 Å². The molecule has 1 aliphatic heterocycles. The van der Waals surface area contributed by atoms with Crippen molar-refractivity contribution in [2.45, 2.75) is 69.9 Å². The maximum Gasteiger partial charge on any atom is 0.187 e. The molecule has 2 rings (SSSR count). The number of aliphatic hydroxyl groups excluding tert-OH is 4. The van der Waals surface area contributed by atoms with Crippen LogP contribution in [0.5, 0.6) is 0 Å². The Labute approximate surface area is 163 Å². The topological polar surface area (TPSA) is 154 Å². The molecule has 0 bridgehead atoms. The molecule has 7 atom stereocenters. The van der Waals surface area contributed by atoms with E-state index in [4.69, 9.17) is 14.6 Å². The van der Waals surface area contributed by atoms with E-state index >= 15 is 0 Å². The molecule has 9 heteroatoms. The largest absolute Gasteiger partial charge is 0.394 e. The van der Waals surface area contributed by atoms with Crippen LogP contribution in [-0.4, -0.2) is 86.6 Å². The fourth-order valence-corrected chi connectivity index (χ4v) is 3.90. The zero-order valence-corrected chi connectivity index (χ0v) is 16.3. The maximum atomic E-state index is 12.2. The second-order valence-electron chi connectivity index (χ2n) is 8.34. The van der Waals surface area contributed by atoms with Crippen molar-refractivity contribution in [2.75, 3.05) is 13.2 Å². The Kier molecular flexibility index (Phi) is 7.14. The average molecular weight is 402 g/mol. The van der Waals surface area contributed by atoms with Crippen molar-refractivity contribution in [3.63, 3.8) is 0 Å². The molecular weight excluding hydrogens is 372 g/mol. The Bertz CT molecular complexity index is 615. The van der Waals surface area contributed by atoms with Gasteiger partial charge in [-0.25, -0.2) is 0 Å². The first-order chi connectivity index (χ1) is 12.9. The molecule has 2 fully saturated rings. The van der Waals surface area contributed by atoms with Gasteiger partial charge in [0.15, 0.2) is 12.1 Å². The van der Waals surface area contributed by atoms with Gasteiger partial charge in [0, 0.05) is 18.3 Å². The van der Waals surface area contributed by atoms with Crippen molar-refractivity contribution in [3.05, 3.63) is 12.2 Å². The van der Waals surface area contributed by atoms with E-state index in [1.165, 1.54) is 6.08 Å². The Morgan fingerprint density at radius 3 is 2.46 bits per heavy atom. The molecule has 1 saturated carbocycles. The summed E-state index contributed by atoms with van der Waals surface area (Å²) >= 11 is 0. The van der Waals surface area contributed by atoms with E-state index in [0.717, 1.165) is 6.08 Å². The third kappa shape index (κ3) is 4.51. The molecule has 28 heavy (non-hydrogen) atoms. The van der Waals surface area contributed by atoms with Crippen LogP contribution in [-0.2, 0) is 19.1 Å². The van der Waals surface area contributed by atoms with Crippen LogP contribution in [0.15, 0.2) is 12.2 Å². The van der Waals surface area contributed by atoms with Crippen LogP contribution < -0.4 is 0 Å². The first-order valence-corrected chi connectivity index (χ1v) is 9.31. The molecular formula is C19H30O9. The summed E-state index contributed by atoms with van der Waals surface area (Å²) < 4.78 is 10.3. The standard InChI is InChI=1S/C19H30O9/c1-10-6-12(22)7-18(2,3)19(10,26)5-4-11(21)9-27-17-16(25)15(24)14(23)13(8-20)28-17/h4-5,10,13-17,20,23-26H,6-9H2,1-3H3/b5-4+/t10-,13+,14+,15-,16+,17+,19+/m1/s1. The number of ether oxygens (including phenoxy) is 2. The summed E-state index contributed by atoms with van der Waals surface area (Å²) in [6, 6.07) is 0. The fraction of sp³-hybridized carbons (Fsp3) is 0.789. The predicted molar refractivity (Wildman–Crippen MR) is 96.0 cm³/mol. The normalized spacial score (nSPS) is 41.4. The van der Waals surface area contributed by atoms with Crippen molar-refractivity contribution >= 4 is 11.6 Å². The van der Waals surface area contributed by atoms with Gasteiger partial charge in [-0.15, -0.1) is 0 Å². The Morgan fingerprint density at radius 2 is 1.89 bits per heavy atom. The molecule has 1 heterocycles. The lowest BCUT2D eigenvalue weighted by Crippen LogP contribution is -2.59. The van der Waals surface area contributed by atoms with E-state index in [9.17, 15) is 30.0 Å². The van der Waals surface area contributed by atoms with Crippen LogP contribution in [0.25, 0.3) is 0 Å². The van der Waals surface area contributed by atoms with Gasteiger partial charge in [0.2, 0.25) is 0 Å². The zero-order valence-electron chi connectivity index (χ0n) is 16.3. The molecule has 5 N–H and O–H groups in total. The highest BCUT2D eigenvalue weighted by Gasteiger charge is 2.50. The number of ketones is 2. The summed E-state index contributed by atoms with van der Waals surface area (Å²) in [6.45, 7) is 4.16. The summed E-state index contributed by atoms with van der Waals surface area (Å²) in [5.41, 5.74) is -2.09. The molecule has 2 aliphatic rings. The van der Waals surface area contributed by atoms with Gasteiger partial charge >= 0.3 is 0 Å². The first-order valence-electron chi connectivity index (χ1n) is 9.31. The van der Waals surface area contributed by atoms with E-state index in [1.807, 2.05) is 0 Å². The molecule has 0 amide bonds. The molecule has 1 aliphatic carbocycles. The Morgan fingerprint density at radius 1 is 1.25 bits per heavy atom. The molecule has 0 unspecified atom stereocenters. The minimum atomic E-state index is -1.60. The lowest BCUT2D eigenvalue weighted by molar-refractivity contribution is -0.298. The fourth-order valence-electron chi connectivity index (χ4n) is 3.90. The van der Waals surface area contributed by atoms with E-state index in [0.29, 0.717) is 0 Å². The molecule has 0 spiro atoms. The van der Waals surface area contributed by atoms with Crippen molar-refractivity contribution in [2.24, 2.45) is 11.3 Å². The van der Waals surface area contributed by atoms with E-state index in [2.05, 4.69) is 0 Å². The van der Waals surface area contributed by atoms with Gasteiger partial charge in [0.05, 0.1) is 12.2 Å².